The van der Waals surface area contributed by atoms with Crippen molar-refractivity contribution in [2.24, 2.45) is 5.92 Å². The first-order valence-electron chi connectivity index (χ1n) is 9.50. The molecular formula is C22H35FO3. The maximum absolute atomic E-state index is 11.3. The monoisotopic (exact) mass is 366 g/mol. The van der Waals surface area contributed by atoms with Crippen LogP contribution in [0.15, 0.2) is 24.3 Å². The van der Waals surface area contributed by atoms with Crippen LogP contribution in [0.3, 0.4) is 0 Å². The molecule has 1 fully saturated rings. The molecule has 0 N–H and O–H groups in total. The van der Waals surface area contributed by atoms with E-state index in [0.29, 0.717) is 0 Å². The third-order valence-electron chi connectivity index (χ3n) is 3.99. The maximum atomic E-state index is 11.3. The van der Waals surface area contributed by atoms with Gasteiger partial charge in [0.1, 0.15) is 5.75 Å². The molecule has 1 aliphatic rings. The summed E-state index contributed by atoms with van der Waals surface area (Å²) in [5.41, 5.74) is 1.40. The van der Waals surface area contributed by atoms with Crippen molar-refractivity contribution in [3.8, 4) is 18.6 Å². The lowest BCUT2D eigenvalue weighted by Crippen LogP contribution is -2.17. The lowest BCUT2D eigenvalue weighted by Gasteiger charge is -2.16. The summed E-state index contributed by atoms with van der Waals surface area (Å²) in [4.78, 5) is 13.7. The Morgan fingerprint density at radius 3 is 2.08 bits per heavy atom. The van der Waals surface area contributed by atoms with Crippen LogP contribution in [0.5, 0.6) is 5.75 Å². The van der Waals surface area contributed by atoms with E-state index in [2.05, 4.69) is 36.8 Å². The second kappa shape index (κ2) is 19.3. The molecule has 0 atom stereocenters. The molecule has 26 heavy (non-hydrogen) atoms. The van der Waals surface area contributed by atoms with Crippen molar-refractivity contribution < 1.29 is 19.0 Å². The van der Waals surface area contributed by atoms with Crippen LogP contribution in [-0.4, -0.2) is 13.1 Å². The van der Waals surface area contributed by atoms with Crippen molar-refractivity contribution in [2.45, 2.75) is 72.1 Å². The summed E-state index contributed by atoms with van der Waals surface area (Å²) in [5.74, 6) is 0.0914. The summed E-state index contributed by atoms with van der Waals surface area (Å²) >= 11 is 0. The highest BCUT2D eigenvalue weighted by molar-refractivity contribution is 5.71. The fourth-order valence-corrected chi connectivity index (χ4v) is 2.57. The van der Waals surface area contributed by atoms with Crippen molar-refractivity contribution >= 4 is 5.97 Å². The largest absolute Gasteiger partial charge is 0.497 e. The average molecular weight is 367 g/mol. The number of terminal acetylenes is 1. The van der Waals surface area contributed by atoms with Crippen molar-refractivity contribution in [3.05, 3.63) is 29.8 Å². The van der Waals surface area contributed by atoms with Crippen LogP contribution in [-0.2, 0) is 16.2 Å². The molecule has 0 aliphatic heterocycles. The number of halogens is 1. The number of aryl methyl sites for hydroxylation is 1. The van der Waals surface area contributed by atoms with E-state index in [1.807, 2.05) is 26.0 Å². The fraction of sp³-hybridized carbons (Fsp3) is 0.591. The van der Waals surface area contributed by atoms with Crippen LogP contribution < -0.4 is 4.74 Å². The smallest absolute Gasteiger partial charge is 0.351 e. The molecule has 0 bridgehead atoms. The van der Waals surface area contributed by atoms with E-state index in [1.165, 1.54) is 24.8 Å². The Labute approximate surface area is 159 Å². The summed E-state index contributed by atoms with van der Waals surface area (Å²) in [6.45, 7) is 6.21. The van der Waals surface area contributed by atoms with E-state index in [0.717, 1.165) is 37.9 Å². The molecule has 0 unspecified atom stereocenters. The van der Waals surface area contributed by atoms with Gasteiger partial charge in [0.25, 0.3) is 0 Å². The van der Waals surface area contributed by atoms with E-state index in [-0.39, 0.29) is 5.92 Å². The van der Waals surface area contributed by atoms with Gasteiger partial charge in [0.15, 0.2) is 0 Å². The number of carbonyl (C=O) groups excluding carboxylic acids is 1. The highest BCUT2D eigenvalue weighted by Crippen LogP contribution is 2.24. The van der Waals surface area contributed by atoms with Crippen LogP contribution >= 0.6 is 0 Å². The van der Waals surface area contributed by atoms with Gasteiger partial charge in [-0.1, -0.05) is 58.6 Å². The predicted octanol–water partition coefficient (Wildman–Crippen LogP) is 6.31. The maximum Gasteiger partial charge on any atom is 0.351 e. The molecule has 1 aromatic rings. The van der Waals surface area contributed by atoms with Gasteiger partial charge in [0, 0.05) is 4.53 Å². The van der Waals surface area contributed by atoms with Gasteiger partial charge < -0.3 is 4.74 Å². The van der Waals surface area contributed by atoms with Crippen LogP contribution in [0, 0.1) is 18.8 Å². The highest BCUT2D eigenvalue weighted by Gasteiger charge is 2.22. The zero-order valence-corrected chi connectivity index (χ0v) is 16.8. The van der Waals surface area contributed by atoms with E-state index in [9.17, 15) is 9.32 Å². The van der Waals surface area contributed by atoms with Gasteiger partial charge in [-0.15, -0.1) is 12.8 Å². The lowest BCUT2D eigenvalue weighted by atomic mass is 9.90. The molecule has 2 rings (SSSR count). The molecule has 0 amide bonds. The molecule has 0 heterocycles. The molecule has 0 spiro atoms. The SMILES string of the molecule is C#C.CC.CCCCc1ccc(OC)cc1.O=C(OF)C1CCCCC1. The zero-order valence-electron chi connectivity index (χ0n) is 16.8. The molecule has 4 heteroatoms. The Balaban J connectivity index is 0. The molecule has 148 valence electrons. The summed E-state index contributed by atoms with van der Waals surface area (Å²) in [6, 6.07) is 8.30. The number of hydrogen-bond donors (Lipinski definition) is 0. The first-order chi connectivity index (χ1) is 12.7. The zero-order chi connectivity index (χ0) is 20.2. The van der Waals surface area contributed by atoms with Crippen LogP contribution in [0.1, 0.15) is 71.3 Å². The number of ether oxygens (including phenoxy) is 1. The minimum Gasteiger partial charge on any atom is -0.497 e. The quantitative estimate of drug-likeness (QED) is 0.573. The van der Waals surface area contributed by atoms with Crippen LogP contribution in [0.2, 0.25) is 0 Å². The summed E-state index contributed by atoms with van der Waals surface area (Å²) in [7, 11) is 1.70. The number of carbonyl (C=O) groups is 1. The number of rotatable bonds is 5. The molecule has 0 aromatic heterocycles. The van der Waals surface area contributed by atoms with Crippen LogP contribution in [0.4, 0.5) is 4.53 Å². The number of benzene rings is 1. The first kappa shape index (κ1) is 26.2. The van der Waals surface area contributed by atoms with Crippen molar-refractivity contribution in [3.63, 3.8) is 0 Å². The second-order valence-electron chi connectivity index (χ2n) is 5.68. The second-order valence-corrected chi connectivity index (χ2v) is 5.68. The van der Waals surface area contributed by atoms with Gasteiger partial charge in [-0.05, 0) is 43.4 Å². The van der Waals surface area contributed by atoms with Crippen molar-refractivity contribution in [1.82, 2.24) is 0 Å². The Morgan fingerprint density at radius 2 is 1.65 bits per heavy atom. The molecule has 1 aromatic carbocycles. The molecular weight excluding hydrogens is 331 g/mol. The Hall–Kier alpha value is -2.02. The molecule has 1 saturated carbocycles. The van der Waals surface area contributed by atoms with E-state index in [4.69, 9.17) is 4.74 Å². The van der Waals surface area contributed by atoms with Gasteiger partial charge >= 0.3 is 5.97 Å². The minimum atomic E-state index is -0.681. The van der Waals surface area contributed by atoms with Gasteiger partial charge in [0.2, 0.25) is 0 Å². The van der Waals surface area contributed by atoms with Crippen molar-refractivity contribution in [2.75, 3.05) is 7.11 Å². The van der Waals surface area contributed by atoms with Crippen molar-refractivity contribution in [1.29, 1.82) is 0 Å². The predicted molar refractivity (Wildman–Crippen MR) is 107 cm³/mol. The van der Waals surface area contributed by atoms with E-state index < -0.39 is 5.97 Å². The Bertz CT molecular complexity index is 448. The number of unbranched alkanes of at least 4 members (excludes halogenated alkanes) is 1. The normalized spacial score (nSPS) is 12.7. The van der Waals surface area contributed by atoms with Gasteiger partial charge in [-0.25, -0.2) is 4.79 Å². The summed E-state index contributed by atoms with van der Waals surface area (Å²) in [5, 5.41) is 0. The van der Waals surface area contributed by atoms with E-state index >= 15 is 0 Å². The van der Waals surface area contributed by atoms with Gasteiger partial charge in [-0.3, -0.25) is 4.94 Å². The lowest BCUT2D eigenvalue weighted by molar-refractivity contribution is -0.190. The summed E-state index contributed by atoms with van der Waals surface area (Å²) in [6.07, 6.45) is 16.5. The number of hydrogen-bond acceptors (Lipinski definition) is 3. The Kier molecular flexibility index (Phi) is 19.5. The molecule has 0 saturated heterocycles. The molecule has 0 radical (unpaired) electrons. The Morgan fingerprint density at radius 1 is 1.12 bits per heavy atom. The average Bonchev–Trinajstić information content (AvgIpc) is 2.76. The third-order valence-corrected chi connectivity index (χ3v) is 3.99. The third kappa shape index (κ3) is 12.4. The topological polar surface area (TPSA) is 35.5 Å². The molecule has 3 nitrogen and oxygen atoms in total. The highest BCUT2D eigenvalue weighted by atomic mass is 19.3. The first-order valence-corrected chi connectivity index (χ1v) is 9.50. The molecule has 1 aliphatic carbocycles. The van der Waals surface area contributed by atoms with Gasteiger partial charge in [-0.2, -0.15) is 0 Å². The standard InChI is InChI=1S/C11H16O.C7H11FO2.C2H6.C2H2/c1-3-4-5-10-6-8-11(12-2)9-7-10;8-10-7(9)6-4-2-1-3-5-6;2*1-2/h6-9H,3-5H2,1-2H3;6H,1-5H2;1-2H3;1-2H. The fourth-order valence-electron chi connectivity index (χ4n) is 2.57. The van der Waals surface area contributed by atoms with E-state index in [1.54, 1.807) is 7.11 Å². The minimum absolute atomic E-state index is 0.168. The van der Waals surface area contributed by atoms with Crippen LogP contribution in [0.25, 0.3) is 0 Å². The summed E-state index contributed by atoms with van der Waals surface area (Å²) < 4.78 is 16.4. The van der Waals surface area contributed by atoms with Gasteiger partial charge in [0.05, 0.1) is 13.0 Å². The number of methoxy groups -OCH3 is 1.